The molecule has 3 fully saturated rings. The summed E-state index contributed by atoms with van der Waals surface area (Å²) in [6.07, 6.45) is -3.68. The first-order chi connectivity index (χ1) is 21.0. The van der Waals surface area contributed by atoms with Crippen LogP contribution in [0.5, 0.6) is 0 Å². The number of methoxy groups -OCH3 is 2. The molecule has 3 aliphatic rings. The fraction of sp³-hybridized carbons (Fsp3) is 0.531. The van der Waals surface area contributed by atoms with E-state index in [-0.39, 0.29) is 50.6 Å². The second kappa shape index (κ2) is 12.7. The topological polar surface area (TPSA) is 94.9 Å². The van der Waals surface area contributed by atoms with Crippen molar-refractivity contribution in [2.24, 2.45) is 11.8 Å². The number of amides is 1. The van der Waals surface area contributed by atoms with Crippen LogP contribution in [0.2, 0.25) is 0 Å². The van der Waals surface area contributed by atoms with Gasteiger partial charge in [-0.2, -0.15) is 18.4 Å². The zero-order valence-electron chi connectivity index (χ0n) is 24.7. The van der Waals surface area contributed by atoms with Gasteiger partial charge in [-0.25, -0.2) is 4.39 Å². The van der Waals surface area contributed by atoms with Gasteiger partial charge in [-0.15, -0.1) is 0 Å². The van der Waals surface area contributed by atoms with Crippen LogP contribution in [0.1, 0.15) is 46.9 Å². The highest BCUT2D eigenvalue weighted by Crippen LogP contribution is 2.44. The van der Waals surface area contributed by atoms with Crippen molar-refractivity contribution in [2.45, 2.75) is 36.5 Å². The Morgan fingerprint density at radius 2 is 1.80 bits per heavy atom. The van der Waals surface area contributed by atoms with Crippen molar-refractivity contribution < 1.29 is 36.6 Å². The van der Waals surface area contributed by atoms with Crippen molar-refractivity contribution in [3.8, 4) is 6.07 Å². The standard InChI is InChI=1S/C32H36F4N4O4/c1-43-18-23-16-40(30(42)31(33)19-38-15-27(31)21-5-3-20(14-37)4-6-21)17-26(23)25-8-7-24(32(34,35)36)13-28(25)39-11-9-22(10-12-39)29(41)44-2/h3-8,13,22-23,26-27,38H,9-12,15-19H2,1-2H3/t23-,26+,27+,31+/m1/s1. The minimum atomic E-state index is -4.56. The maximum atomic E-state index is 16.7. The molecule has 44 heavy (non-hydrogen) atoms. The molecule has 0 aromatic heterocycles. The van der Waals surface area contributed by atoms with Crippen LogP contribution in [-0.4, -0.2) is 82.5 Å². The minimum absolute atomic E-state index is 0.121. The number of carbonyl (C=O) groups excluding carboxylic acids is 2. The number of hydrogen-bond donors (Lipinski definition) is 1. The first-order valence-corrected chi connectivity index (χ1v) is 14.7. The van der Waals surface area contributed by atoms with Crippen molar-refractivity contribution in [1.82, 2.24) is 10.2 Å². The number of alkyl halides is 4. The van der Waals surface area contributed by atoms with E-state index in [4.69, 9.17) is 14.7 Å². The third-order valence-electron chi connectivity index (χ3n) is 9.32. The van der Waals surface area contributed by atoms with E-state index in [0.717, 1.165) is 12.1 Å². The number of esters is 1. The smallest absolute Gasteiger partial charge is 0.416 e. The van der Waals surface area contributed by atoms with Gasteiger partial charge in [0.2, 0.25) is 5.67 Å². The molecule has 2 aromatic rings. The number of nitrogens with zero attached hydrogens (tertiary/aromatic N) is 3. The quantitative estimate of drug-likeness (QED) is 0.367. The van der Waals surface area contributed by atoms with Crippen molar-refractivity contribution >= 4 is 17.6 Å². The van der Waals surface area contributed by atoms with E-state index in [1.54, 1.807) is 24.3 Å². The molecule has 4 atom stereocenters. The first kappa shape index (κ1) is 31.7. The predicted octanol–water partition coefficient (Wildman–Crippen LogP) is 4.25. The third-order valence-corrected chi connectivity index (χ3v) is 9.32. The van der Waals surface area contributed by atoms with E-state index in [9.17, 15) is 22.8 Å². The maximum Gasteiger partial charge on any atom is 0.416 e. The van der Waals surface area contributed by atoms with Crippen molar-refractivity contribution in [3.05, 3.63) is 64.7 Å². The summed E-state index contributed by atoms with van der Waals surface area (Å²) in [6.45, 7) is 1.35. The summed E-state index contributed by atoms with van der Waals surface area (Å²) >= 11 is 0. The van der Waals surface area contributed by atoms with Gasteiger partial charge in [0.15, 0.2) is 0 Å². The van der Waals surface area contributed by atoms with Gasteiger partial charge in [0.05, 0.1) is 36.8 Å². The number of ether oxygens (including phenoxy) is 2. The molecule has 0 radical (unpaired) electrons. The molecule has 0 spiro atoms. The Bertz CT molecular complexity index is 1400. The number of likely N-dealkylation sites (tertiary alicyclic amines) is 1. The Morgan fingerprint density at radius 3 is 2.41 bits per heavy atom. The number of rotatable bonds is 7. The number of anilines is 1. The van der Waals surface area contributed by atoms with Crippen LogP contribution in [0.4, 0.5) is 23.2 Å². The number of carbonyl (C=O) groups is 2. The molecular weight excluding hydrogens is 580 g/mol. The average molecular weight is 617 g/mol. The Kier molecular flexibility index (Phi) is 9.18. The van der Waals surface area contributed by atoms with Gasteiger partial charge < -0.3 is 24.6 Å². The van der Waals surface area contributed by atoms with Gasteiger partial charge in [-0.3, -0.25) is 9.59 Å². The number of hydrogen-bond acceptors (Lipinski definition) is 7. The van der Waals surface area contributed by atoms with Crippen molar-refractivity contribution in [1.29, 1.82) is 5.26 Å². The zero-order chi connectivity index (χ0) is 31.6. The highest BCUT2D eigenvalue weighted by molar-refractivity contribution is 5.88. The van der Waals surface area contributed by atoms with Gasteiger partial charge >= 0.3 is 12.1 Å². The molecule has 12 heteroatoms. The Balaban J connectivity index is 1.44. The number of halogens is 4. The summed E-state index contributed by atoms with van der Waals surface area (Å²) in [7, 11) is 2.84. The van der Waals surface area contributed by atoms with E-state index >= 15 is 4.39 Å². The van der Waals surface area contributed by atoms with Gasteiger partial charge in [0.25, 0.3) is 5.91 Å². The number of nitrogens with one attached hydrogen (secondary N) is 1. The van der Waals surface area contributed by atoms with Crippen LogP contribution in [0, 0.1) is 23.2 Å². The summed E-state index contributed by atoms with van der Waals surface area (Å²) in [5.74, 6) is -2.77. The lowest BCUT2D eigenvalue weighted by atomic mass is 9.85. The highest BCUT2D eigenvalue weighted by Gasteiger charge is 2.54. The molecule has 8 nitrogen and oxygen atoms in total. The van der Waals surface area contributed by atoms with Crippen molar-refractivity contribution in [2.75, 3.05) is 65.0 Å². The molecule has 0 saturated carbocycles. The second-order valence-electron chi connectivity index (χ2n) is 11.9. The highest BCUT2D eigenvalue weighted by atomic mass is 19.4. The molecule has 3 saturated heterocycles. The molecule has 0 unspecified atom stereocenters. The minimum Gasteiger partial charge on any atom is -0.469 e. The summed E-state index contributed by atoms with van der Waals surface area (Å²) in [4.78, 5) is 29.3. The van der Waals surface area contributed by atoms with E-state index in [2.05, 4.69) is 5.32 Å². The molecule has 236 valence electrons. The lowest BCUT2D eigenvalue weighted by molar-refractivity contribution is -0.146. The molecule has 1 N–H and O–H groups in total. The number of nitriles is 1. The second-order valence-corrected chi connectivity index (χ2v) is 11.9. The Labute approximate surface area is 253 Å². The van der Waals surface area contributed by atoms with Crippen LogP contribution in [0.3, 0.4) is 0 Å². The summed E-state index contributed by atoms with van der Waals surface area (Å²) < 4.78 is 68.6. The molecule has 0 aliphatic carbocycles. The molecule has 1 amide bonds. The number of benzene rings is 2. The lowest BCUT2D eigenvalue weighted by Gasteiger charge is -2.35. The normalized spacial score (nSPS) is 26.1. The van der Waals surface area contributed by atoms with Gasteiger partial charge in [0.1, 0.15) is 0 Å². The number of piperidine rings is 1. The van der Waals surface area contributed by atoms with Gasteiger partial charge in [-0.05, 0) is 48.2 Å². The average Bonchev–Trinajstić information content (AvgIpc) is 3.64. The van der Waals surface area contributed by atoms with Crippen LogP contribution in [0.15, 0.2) is 42.5 Å². The molecule has 3 heterocycles. The van der Waals surface area contributed by atoms with Gasteiger partial charge in [0, 0.05) is 69.8 Å². The maximum absolute atomic E-state index is 16.7. The lowest BCUT2D eigenvalue weighted by Crippen LogP contribution is -2.49. The Hall–Kier alpha value is -3.69. The van der Waals surface area contributed by atoms with E-state index < -0.39 is 35.2 Å². The van der Waals surface area contributed by atoms with Crippen LogP contribution < -0.4 is 10.2 Å². The summed E-state index contributed by atoms with van der Waals surface area (Å²) in [5.41, 5.74) is -0.953. The molecule has 2 aromatic carbocycles. The fourth-order valence-corrected chi connectivity index (χ4v) is 6.95. The molecule has 5 rings (SSSR count). The van der Waals surface area contributed by atoms with Gasteiger partial charge in [-0.1, -0.05) is 18.2 Å². The largest absolute Gasteiger partial charge is 0.469 e. The predicted molar refractivity (Wildman–Crippen MR) is 154 cm³/mol. The van der Waals surface area contributed by atoms with Crippen molar-refractivity contribution in [3.63, 3.8) is 0 Å². The molecule has 0 bridgehead atoms. The summed E-state index contributed by atoms with van der Waals surface area (Å²) in [5, 5.41) is 12.1. The zero-order valence-corrected chi connectivity index (χ0v) is 24.7. The van der Waals surface area contributed by atoms with Crippen LogP contribution in [-0.2, 0) is 25.2 Å². The molecular formula is C32H36F4N4O4. The summed E-state index contributed by atoms with van der Waals surface area (Å²) in [6, 6.07) is 12.2. The first-order valence-electron chi connectivity index (χ1n) is 14.7. The Morgan fingerprint density at radius 1 is 1.09 bits per heavy atom. The monoisotopic (exact) mass is 616 g/mol. The fourth-order valence-electron chi connectivity index (χ4n) is 6.95. The van der Waals surface area contributed by atoms with E-state index in [1.165, 1.54) is 25.2 Å². The van der Waals surface area contributed by atoms with E-state index in [0.29, 0.717) is 48.3 Å². The third kappa shape index (κ3) is 6.13. The van der Waals surface area contributed by atoms with E-state index in [1.807, 2.05) is 11.0 Å². The van der Waals surface area contributed by atoms with Crippen LogP contribution in [0.25, 0.3) is 0 Å². The van der Waals surface area contributed by atoms with Crippen LogP contribution >= 0.6 is 0 Å². The SMILES string of the molecule is COC[C@H]1CN(C(=O)[C@]2(F)CNC[C@H]2c2ccc(C#N)cc2)C[C@@H]1c1ccc(C(F)(F)F)cc1N1CCC(C(=O)OC)CC1. The molecule has 3 aliphatic heterocycles.